The van der Waals surface area contributed by atoms with Gasteiger partial charge in [-0.3, -0.25) is 0 Å². The highest BCUT2D eigenvalue weighted by Gasteiger charge is 2.43. The summed E-state index contributed by atoms with van der Waals surface area (Å²) in [5, 5.41) is 4.84. The van der Waals surface area contributed by atoms with Gasteiger partial charge in [0.1, 0.15) is 11.5 Å². The molecule has 266 valence electrons. The first kappa shape index (κ1) is 31.8. The molecular weight excluding hydrogens is 693 g/mol. The van der Waals surface area contributed by atoms with Gasteiger partial charge in [-0.1, -0.05) is 127 Å². The molecule has 0 atom stereocenters. The monoisotopic (exact) mass is 727 g/mol. The van der Waals surface area contributed by atoms with E-state index in [1.165, 1.54) is 43.5 Å². The lowest BCUT2D eigenvalue weighted by molar-refractivity contribution is 0.488. The van der Waals surface area contributed by atoms with Gasteiger partial charge >= 0.3 is 0 Å². The van der Waals surface area contributed by atoms with Gasteiger partial charge in [-0.15, -0.1) is 0 Å². The van der Waals surface area contributed by atoms with Crippen molar-refractivity contribution in [2.45, 2.75) is 0 Å². The molecule has 0 saturated carbocycles. The Hall–Kier alpha value is -7.50. The highest BCUT2D eigenvalue weighted by atomic mass is 16.5. The van der Waals surface area contributed by atoms with Gasteiger partial charge in [-0.25, -0.2) is 0 Å². The summed E-state index contributed by atoms with van der Waals surface area (Å²) in [6, 6.07) is 74.2. The Kier molecular flexibility index (Phi) is 6.99. The molecule has 0 saturated heterocycles. The van der Waals surface area contributed by atoms with Gasteiger partial charge in [0.15, 0.2) is 0 Å². The molecule has 0 N–H and O–H groups in total. The maximum atomic E-state index is 7.06. The molecule has 3 heterocycles. The molecule has 57 heavy (non-hydrogen) atoms. The van der Waals surface area contributed by atoms with Crippen LogP contribution in [0, 0.1) is 0 Å². The molecule has 2 aliphatic rings. The fraction of sp³-hybridized carbons (Fsp3) is 0. The van der Waals surface area contributed by atoms with Crippen LogP contribution in [0.5, 0.6) is 11.5 Å². The van der Waals surface area contributed by atoms with Gasteiger partial charge < -0.3 is 19.1 Å². The molecule has 12 rings (SSSR count). The van der Waals surface area contributed by atoms with Crippen LogP contribution in [-0.2, 0) is 0 Å². The van der Waals surface area contributed by atoms with Crippen LogP contribution in [0.25, 0.3) is 38.3 Å². The third-order valence-corrected chi connectivity index (χ3v) is 11.8. The first-order chi connectivity index (χ1) is 28.3. The first-order valence-corrected chi connectivity index (χ1v) is 19.6. The normalized spacial score (nSPS) is 12.6. The fourth-order valence-corrected chi connectivity index (χ4v) is 9.47. The average molecular weight is 728 g/mol. The van der Waals surface area contributed by atoms with Crippen molar-refractivity contribution in [2.75, 3.05) is 9.80 Å². The van der Waals surface area contributed by atoms with E-state index in [4.69, 9.17) is 4.74 Å². The Bertz CT molecular complexity index is 3130. The van der Waals surface area contributed by atoms with Crippen LogP contribution in [-0.4, -0.2) is 11.3 Å². The van der Waals surface area contributed by atoms with E-state index in [-0.39, 0.29) is 6.71 Å². The third-order valence-electron chi connectivity index (χ3n) is 11.8. The van der Waals surface area contributed by atoms with E-state index in [1.54, 1.807) is 0 Å². The van der Waals surface area contributed by atoms with Crippen LogP contribution in [0.1, 0.15) is 0 Å². The van der Waals surface area contributed by atoms with Crippen LogP contribution in [0.4, 0.5) is 34.1 Å². The zero-order valence-corrected chi connectivity index (χ0v) is 31.0. The second-order valence-corrected chi connectivity index (χ2v) is 14.9. The van der Waals surface area contributed by atoms with Crippen molar-refractivity contribution in [3.05, 3.63) is 206 Å². The number of anilines is 6. The van der Waals surface area contributed by atoms with Crippen molar-refractivity contribution in [2.24, 2.45) is 0 Å². The lowest BCUT2D eigenvalue weighted by Crippen LogP contribution is -2.59. The van der Waals surface area contributed by atoms with Gasteiger partial charge in [0.25, 0.3) is 6.71 Å². The number of ether oxygens (including phenoxy) is 1. The lowest BCUT2D eigenvalue weighted by Gasteiger charge is -2.41. The average Bonchev–Trinajstić information content (AvgIpc) is 3.60. The van der Waals surface area contributed by atoms with E-state index in [1.807, 2.05) is 0 Å². The minimum Gasteiger partial charge on any atom is -0.458 e. The molecule has 4 nitrogen and oxygen atoms in total. The number of benzene rings is 9. The van der Waals surface area contributed by atoms with E-state index in [9.17, 15) is 0 Å². The molecule has 0 unspecified atom stereocenters. The number of para-hydroxylation sites is 5. The predicted molar refractivity (Wildman–Crippen MR) is 239 cm³/mol. The maximum absolute atomic E-state index is 7.06. The molecule has 5 heteroatoms. The Morgan fingerprint density at radius 1 is 0.404 bits per heavy atom. The number of hydrogen-bond acceptors (Lipinski definition) is 3. The van der Waals surface area contributed by atoms with Gasteiger partial charge in [0.2, 0.25) is 0 Å². The standard InChI is InChI=1S/C52H34BN3O/c1-5-18-35(19-6-1)54(36-20-7-2-8-21-36)46-33-48-51(41-28-14-13-26-39(41)46)53-43-32-42-40-27-15-16-29-44(40)55(37-22-9-3-10-23-37)47(42)34-50(43)57-49-31-17-30-45(52(49)53)56(48)38-24-11-4-12-25-38/h1-34H. The Morgan fingerprint density at radius 3 is 1.70 bits per heavy atom. The number of rotatable bonds is 5. The van der Waals surface area contributed by atoms with E-state index >= 15 is 0 Å². The molecule has 0 radical (unpaired) electrons. The predicted octanol–water partition coefficient (Wildman–Crippen LogP) is 11.8. The Morgan fingerprint density at radius 2 is 1.00 bits per heavy atom. The molecule has 9 aromatic carbocycles. The van der Waals surface area contributed by atoms with Crippen molar-refractivity contribution in [1.82, 2.24) is 4.57 Å². The van der Waals surface area contributed by atoms with Crippen LogP contribution in [0.15, 0.2) is 206 Å². The molecule has 0 spiro atoms. The molecule has 0 amide bonds. The highest BCUT2D eigenvalue weighted by Crippen LogP contribution is 2.47. The van der Waals surface area contributed by atoms with Gasteiger partial charge in [-0.05, 0) is 94.6 Å². The molecular formula is C52H34BN3O. The third kappa shape index (κ3) is 4.76. The largest absolute Gasteiger partial charge is 0.458 e. The quantitative estimate of drug-likeness (QED) is 0.165. The summed E-state index contributed by atoms with van der Waals surface area (Å²) in [6.07, 6.45) is 0. The number of nitrogens with zero attached hydrogens (tertiary/aromatic N) is 3. The second kappa shape index (κ2) is 12.5. The number of fused-ring (bicyclic) bond motifs is 9. The van der Waals surface area contributed by atoms with E-state index in [2.05, 4.69) is 221 Å². The zero-order valence-electron chi connectivity index (χ0n) is 31.0. The van der Waals surface area contributed by atoms with Gasteiger partial charge in [-0.2, -0.15) is 0 Å². The maximum Gasteiger partial charge on any atom is 0.257 e. The topological polar surface area (TPSA) is 20.6 Å². The van der Waals surface area contributed by atoms with Crippen molar-refractivity contribution in [3.63, 3.8) is 0 Å². The lowest BCUT2D eigenvalue weighted by atomic mass is 9.33. The van der Waals surface area contributed by atoms with Crippen LogP contribution in [0.3, 0.4) is 0 Å². The Labute approximate surface area is 331 Å². The number of aromatic nitrogens is 1. The molecule has 0 bridgehead atoms. The minimum absolute atomic E-state index is 0.0843. The highest BCUT2D eigenvalue weighted by molar-refractivity contribution is 7.00. The van der Waals surface area contributed by atoms with E-state index in [0.717, 1.165) is 56.8 Å². The first-order valence-electron chi connectivity index (χ1n) is 19.6. The summed E-state index contributed by atoms with van der Waals surface area (Å²) in [6.45, 7) is -0.0843. The molecule has 2 aliphatic heterocycles. The second-order valence-electron chi connectivity index (χ2n) is 14.9. The summed E-state index contributed by atoms with van der Waals surface area (Å²) < 4.78 is 9.43. The summed E-state index contributed by atoms with van der Waals surface area (Å²) in [5.74, 6) is 1.78. The summed E-state index contributed by atoms with van der Waals surface area (Å²) >= 11 is 0. The van der Waals surface area contributed by atoms with Crippen molar-refractivity contribution < 1.29 is 4.74 Å². The van der Waals surface area contributed by atoms with Crippen LogP contribution in [0.2, 0.25) is 0 Å². The molecule has 10 aromatic rings. The fourth-order valence-electron chi connectivity index (χ4n) is 9.47. The van der Waals surface area contributed by atoms with Crippen molar-refractivity contribution >= 4 is 89.8 Å². The molecule has 0 aliphatic carbocycles. The van der Waals surface area contributed by atoms with E-state index in [0.29, 0.717) is 0 Å². The van der Waals surface area contributed by atoms with Crippen LogP contribution < -0.4 is 30.9 Å². The van der Waals surface area contributed by atoms with Crippen LogP contribution >= 0.6 is 0 Å². The summed E-state index contributed by atoms with van der Waals surface area (Å²) in [4.78, 5) is 4.85. The van der Waals surface area contributed by atoms with Crippen molar-refractivity contribution in [3.8, 4) is 17.2 Å². The molecule has 1 aromatic heterocycles. The van der Waals surface area contributed by atoms with Gasteiger partial charge in [0.05, 0.1) is 16.7 Å². The minimum atomic E-state index is -0.0843. The zero-order chi connectivity index (χ0) is 37.5. The smallest absolute Gasteiger partial charge is 0.257 e. The van der Waals surface area contributed by atoms with E-state index < -0.39 is 0 Å². The number of hydrogen-bond donors (Lipinski definition) is 0. The van der Waals surface area contributed by atoms with Crippen molar-refractivity contribution in [1.29, 1.82) is 0 Å². The summed E-state index contributed by atoms with van der Waals surface area (Å²) in [7, 11) is 0. The van der Waals surface area contributed by atoms with Gasteiger partial charge in [0, 0.05) is 56.3 Å². The SMILES string of the molecule is c1ccc(N2c3cccc4c3B(c3cc5c6ccccc6n(-c6ccccc6)c5cc3O4)c3c2cc(N(c2ccccc2)c2ccccc2)c2ccccc32)cc1. The molecule has 0 fully saturated rings. The Balaban J connectivity index is 1.20. The summed E-state index contributed by atoms with van der Waals surface area (Å²) in [5.41, 5.74) is 13.8.